The molecule has 1 aromatic heterocycles. The van der Waals surface area contributed by atoms with Crippen LogP contribution in [0.5, 0.6) is 0 Å². The fraction of sp³-hybridized carbons (Fsp3) is 0.692. The van der Waals surface area contributed by atoms with Gasteiger partial charge in [0.2, 0.25) is 0 Å². The van der Waals surface area contributed by atoms with Gasteiger partial charge in [0.05, 0.1) is 0 Å². The van der Waals surface area contributed by atoms with Crippen molar-refractivity contribution in [1.82, 2.24) is 0 Å². The molecule has 0 bridgehead atoms. The summed E-state index contributed by atoms with van der Waals surface area (Å²) in [5.41, 5.74) is 3.51. The van der Waals surface area contributed by atoms with E-state index in [-0.39, 0.29) is 0 Å². The monoisotopic (exact) mass is 276 g/mol. The summed E-state index contributed by atoms with van der Waals surface area (Å²) in [5.74, 6) is 0. The lowest BCUT2D eigenvalue weighted by atomic mass is 10.2. The second kappa shape index (κ2) is 3.96. The quantitative estimate of drug-likeness (QED) is 0.753. The molecule has 0 unspecified atom stereocenters. The van der Waals surface area contributed by atoms with Gasteiger partial charge < -0.3 is 0 Å². The van der Waals surface area contributed by atoms with E-state index < -0.39 is 20.1 Å². The van der Waals surface area contributed by atoms with Gasteiger partial charge in [-0.15, -0.1) is 11.3 Å². The van der Waals surface area contributed by atoms with Crippen LogP contribution in [-0.4, -0.2) is 37.5 Å². The SMILES string of the molecule is CS(C)(C)c1sc(S(C)(C)C)c2c1CCC2. The fourth-order valence-corrected chi connectivity index (χ4v) is 7.84. The van der Waals surface area contributed by atoms with Gasteiger partial charge in [0.1, 0.15) is 0 Å². The van der Waals surface area contributed by atoms with Crippen molar-refractivity contribution in [3.63, 3.8) is 0 Å². The molecule has 0 saturated heterocycles. The predicted octanol–water partition coefficient (Wildman–Crippen LogP) is 4.34. The van der Waals surface area contributed by atoms with Crippen LogP contribution in [0.1, 0.15) is 17.5 Å². The average Bonchev–Trinajstić information content (AvgIpc) is 2.54. The molecule has 3 heteroatoms. The summed E-state index contributed by atoms with van der Waals surface area (Å²) in [4.78, 5) is 0. The fourth-order valence-electron chi connectivity index (χ4n) is 2.39. The normalized spacial score (nSPS) is 18.6. The van der Waals surface area contributed by atoms with Gasteiger partial charge in [-0.3, -0.25) is 0 Å². The van der Waals surface area contributed by atoms with Crippen LogP contribution in [0.25, 0.3) is 0 Å². The Balaban J connectivity index is 2.59. The first kappa shape index (κ1) is 12.8. The summed E-state index contributed by atoms with van der Waals surface area (Å²) < 4.78 is 3.50. The molecular weight excluding hydrogens is 252 g/mol. The van der Waals surface area contributed by atoms with Crippen molar-refractivity contribution in [2.75, 3.05) is 37.5 Å². The van der Waals surface area contributed by atoms with E-state index in [0.717, 1.165) is 0 Å². The highest BCUT2D eigenvalue weighted by Gasteiger charge is 2.29. The zero-order valence-corrected chi connectivity index (χ0v) is 13.8. The van der Waals surface area contributed by atoms with Crippen molar-refractivity contribution in [1.29, 1.82) is 0 Å². The summed E-state index contributed by atoms with van der Waals surface area (Å²) >= 11 is 2.15. The molecule has 2 rings (SSSR count). The molecule has 0 spiro atoms. The Morgan fingerprint density at radius 1 is 0.750 bits per heavy atom. The Labute approximate surface area is 107 Å². The molecule has 0 saturated carbocycles. The summed E-state index contributed by atoms with van der Waals surface area (Å²) in [5, 5.41) is 0. The minimum absolute atomic E-state index is 0.536. The zero-order valence-electron chi connectivity index (χ0n) is 11.3. The number of fused-ring (bicyclic) bond motifs is 1. The van der Waals surface area contributed by atoms with Gasteiger partial charge in [-0.05, 0) is 67.9 Å². The van der Waals surface area contributed by atoms with Crippen molar-refractivity contribution >= 4 is 31.4 Å². The van der Waals surface area contributed by atoms with Crippen molar-refractivity contribution in [2.24, 2.45) is 0 Å². The Morgan fingerprint density at radius 3 is 1.44 bits per heavy atom. The highest BCUT2D eigenvalue weighted by Crippen LogP contribution is 2.61. The minimum atomic E-state index is -0.536. The lowest BCUT2D eigenvalue weighted by molar-refractivity contribution is 0.900. The second-order valence-electron chi connectivity index (χ2n) is 6.16. The maximum Gasteiger partial charge on any atom is 0.0468 e. The largest absolute Gasteiger partial charge is 0.214 e. The highest BCUT2D eigenvalue weighted by molar-refractivity contribution is 8.35. The second-order valence-corrected chi connectivity index (χ2v) is 15.9. The smallest absolute Gasteiger partial charge is 0.0468 e. The average molecular weight is 277 g/mol. The van der Waals surface area contributed by atoms with Crippen molar-refractivity contribution in [2.45, 2.75) is 27.7 Å². The molecule has 1 aromatic rings. The summed E-state index contributed by atoms with van der Waals surface area (Å²) in [7, 11) is -1.07. The first-order valence-corrected chi connectivity index (χ1v) is 12.3. The van der Waals surface area contributed by atoms with Crippen molar-refractivity contribution in [3.8, 4) is 0 Å². The third-order valence-corrected chi connectivity index (χ3v) is 10.1. The standard InChI is InChI=1S/C13H24S3/c1-15(2,3)12-10-8-7-9-11(10)13(14-12)16(4,5)6/h7-9H2,1-6H3. The predicted molar refractivity (Wildman–Crippen MR) is 83.6 cm³/mol. The van der Waals surface area contributed by atoms with Crippen LogP contribution < -0.4 is 0 Å². The van der Waals surface area contributed by atoms with Gasteiger partial charge in [-0.2, -0.15) is 0 Å². The minimum Gasteiger partial charge on any atom is -0.214 e. The van der Waals surface area contributed by atoms with E-state index in [2.05, 4.69) is 48.9 Å². The molecule has 0 amide bonds. The van der Waals surface area contributed by atoms with Gasteiger partial charge in [0.15, 0.2) is 0 Å². The van der Waals surface area contributed by atoms with Gasteiger partial charge in [0, 0.05) is 8.42 Å². The molecule has 0 radical (unpaired) electrons. The van der Waals surface area contributed by atoms with Gasteiger partial charge >= 0.3 is 0 Å². The van der Waals surface area contributed by atoms with Crippen molar-refractivity contribution < 1.29 is 0 Å². The van der Waals surface area contributed by atoms with E-state index in [0.29, 0.717) is 0 Å². The summed E-state index contributed by atoms with van der Waals surface area (Å²) in [6.07, 6.45) is 18.8. The van der Waals surface area contributed by atoms with Crippen LogP contribution in [0, 0.1) is 0 Å². The highest BCUT2D eigenvalue weighted by atomic mass is 32.3. The summed E-state index contributed by atoms with van der Waals surface area (Å²) in [6.45, 7) is 0. The third kappa shape index (κ3) is 2.19. The maximum atomic E-state index is 2.44. The van der Waals surface area contributed by atoms with Crippen molar-refractivity contribution in [3.05, 3.63) is 11.1 Å². The van der Waals surface area contributed by atoms with Gasteiger partial charge in [-0.1, -0.05) is 0 Å². The van der Waals surface area contributed by atoms with E-state index in [1.165, 1.54) is 19.3 Å². The van der Waals surface area contributed by atoms with Gasteiger partial charge in [0.25, 0.3) is 0 Å². The number of thiophene rings is 1. The molecule has 0 nitrogen and oxygen atoms in total. The Bertz CT molecular complexity index is 366. The Hall–Kier alpha value is 0.400. The van der Waals surface area contributed by atoms with Crippen LogP contribution >= 0.6 is 31.4 Å². The lowest BCUT2D eigenvalue weighted by Crippen LogP contribution is -1.93. The van der Waals surface area contributed by atoms with Crippen LogP contribution in [0.4, 0.5) is 0 Å². The van der Waals surface area contributed by atoms with Crippen LogP contribution in [0.2, 0.25) is 0 Å². The molecular formula is C13H24S3. The van der Waals surface area contributed by atoms with E-state index in [1.54, 1.807) is 19.5 Å². The molecule has 0 N–H and O–H groups in total. The molecule has 0 aromatic carbocycles. The molecule has 1 aliphatic carbocycles. The number of hydrogen-bond acceptors (Lipinski definition) is 1. The van der Waals surface area contributed by atoms with E-state index in [1.807, 2.05) is 0 Å². The first-order chi connectivity index (χ1) is 7.21. The topological polar surface area (TPSA) is 0 Å². The van der Waals surface area contributed by atoms with Gasteiger partial charge in [-0.25, -0.2) is 20.1 Å². The number of hydrogen-bond donors (Lipinski definition) is 0. The first-order valence-electron chi connectivity index (χ1n) is 5.72. The van der Waals surface area contributed by atoms with Crippen LogP contribution in [0.3, 0.4) is 0 Å². The maximum absolute atomic E-state index is 2.44. The molecule has 0 aliphatic heterocycles. The van der Waals surface area contributed by atoms with E-state index in [4.69, 9.17) is 0 Å². The van der Waals surface area contributed by atoms with Crippen LogP contribution in [0.15, 0.2) is 8.42 Å². The Morgan fingerprint density at radius 2 is 1.12 bits per heavy atom. The summed E-state index contributed by atoms with van der Waals surface area (Å²) in [6, 6.07) is 0. The molecule has 16 heavy (non-hydrogen) atoms. The zero-order chi connectivity index (χ0) is 12.1. The molecule has 1 heterocycles. The molecule has 0 fully saturated rings. The third-order valence-electron chi connectivity index (χ3n) is 3.01. The molecule has 1 aliphatic rings. The van der Waals surface area contributed by atoms with E-state index >= 15 is 0 Å². The molecule has 94 valence electrons. The number of rotatable bonds is 2. The van der Waals surface area contributed by atoms with Crippen LogP contribution in [-0.2, 0) is 12.8 Å². The lowest BCUT2D eigenvalue weighted by Gasteiger charge is -2.27. The Kier molecular flexibility index (Phi) is 3.18. The molecule has 0 atom stereocenters. The van der Waals surface area contributed by atoms with E-state index in [9.17, 15) is 0 Å².